The van der Waals surface area contributed by atoms with Gasteiger partial charge in [-0.05, 0) is 38.5 Å². The first-order valence-corrected chi connectivity index (χ1v) is 6.75. The van der Waals surface area contributed by atoms with Crippen molar-refractivity contribution in [1.29, 1.82) is 0 Å². The Morgan fingerprint density at radius 1 is 1.25 bits per heavy atom. The van der Waals surface area contributed by atoms with Crippen LogP contribution in [-0.4, -0.2) is 18.8 Å². The lowest BCUT2D eigenvalue weighted by molar-refractivity contribution is 0.0401. The number of nitrogens with one attached hydrogen (secondary N) is 1. The summed E-state index contributed by atoms with van der Waals surface area (Å²) in [7, 11) is 0. The van der Waals surface area contributed by atoms with Gasteiger partial charge in [0.05, 0.1) is 12.7 Å². The largest absolute Gasteiger partial charge is 0.377 e. The Morgan fingerprint density at radius 2 is 1.88 bits per heavy atom. The van der Waals surface area contributed by atoms with E-state index in [-0.39, 0.29) is 0 Å². The van der Waals surface area contributed by atoms with E-state index < -0.39 is 0 Å². The number of hydrogen-bond donors (Lipinski definition) is 2. The van der Waals surface area contributed by atoms with Gasteiger partial charge in [0.1, 0.15) is 0 Å². The minimum absolute atomic E-state index is 0.294. The normalized spacial score (nSPS) is 28.3. The van der Waals surface area contributed by atoms with Gasteiger partial charge in [0.2, 0.25) is 0 Å². The van der Waals surface area contributed by atoms with E-state index in [1.165, 1.54) is 32.1 Å². The summed E-state index contributed by atoms with van der Waals surface area (Å²) in [5, 5.41) is 0. The lowest BCUT2D eigenvalue weighted by Crippen LogP contribution is -2.45. The van der Waals surface area contributed by atoms with Crippen molar-refractivity contribution in [2.24, 2.45) is 17.7 Å². The molecule has 0 aromatic carbocycles. The molecule has 0 aromatic heterocycles. The van der Waals surface area contributed by atoms with Gasteiger partial charge in [-0.2, -0.15) is 0 Å². The highest BCUT2D eigenvalue weighted by molar-refractivity contribution is 4.80. The van der Waals surface area contributed by atoms with Crippen molar-refractivity contribution in [3.05, 3.63) is 0 Å². The number of nitrogens with two attached hydrogens (primary N) is 1. The van der Waals surface area contributed by atoms with E-state index in [1.54, 1.807) is 0 Å². The smallest absolute Gasteiger partial charge is 0.0639 e. The van der Waals surface area contributed by atoms with Crippen LogP contribution in [0.5, 0.6) is 0 Å². The number of ether oxygens (including phenoxy) is 1. The highest BCUT2D eigenvalue weighted by atomic mass is 16.5. The molecule has 1 unspecified atom stereocenters. The predicted octanol–water partition coefficient (Wildman–Crippen LogP) is 2.46. The van der Waals surface area contributed by atoms with Gasteiger partial charge in [0.15, 0.2) is 0 Å². The zero-order chi connectivity index (χ0) is 12.0. The Morgan fingerprint density at radius 3 is 2.31 bits per heavy atom. The van der Waals surface area contributed by atoms with E-state index >= 15 is 0 Å². The molecule has 3 heteroatoms. The summed E-state index contributed by atoms with van der Waals surface area (Å²) >= 11 is 0. The maximum Gasteiger partial charge on any atom is 0.0639 e. The monoisotopic (exact) mass is 228 g/mol. The van der Waals surface area contributed by atoms with Crippen LogP contribution in [0, 0.1) is 11.8 Å². The van der Waals surface area contributed by atoms with Crippen LogP contribution in [0.3, 0.4) is 0 Å². The molecule has 0 bridgehead atoms. The summed E-state index contributed by atoms with van der Waals surface area (Å²) in [4.78, 5) is 0. The molecular formula is C13H28N2O. The highest BCUT2D eigenvalue weighted by Crippen LogP contribution is 2.32. The molecule has 0 heterocycles. The highest BCUT2D eigenvalue weighted by Gasteiger charge is 2.26. The zero-order valence-electron chi connectivity index (χ0n) is 11.0. The number of hydrogen-bond acceptors (Lipinski definition) is 3. The van der Waals surface area contributed by atoms with Crippen molar-refractivity contribution in [2.75, 3.05) is 6.61 Å². The minimum Gasteiger partial charge on any atom is -0.377 e. The molecule has 96 valence electrons. The van der Waals surface area contributed by atoms with Crippen LogP contribution in [0.1, 0.15) is 52.9 Å². The van der Waals surface area contributed by atoms with Gasteiger partial charge in [0.25, 0.3) is 0 Å². The van der Waals surface area contributed by atoms with Crippen molar-refractivity contribution in [3.8, 4) is 0 Å². The fourth-order valence-electron chi connectivity index (χ4n) is 2.62. The summed E-state index contributed by atoms with van der Waals surface area (Å²) in [6.07, 6.45) is 6.95. The van der Waals surface area contributed by atoms with Gasteiger partial charge < -0.3 is 4.74 Å². The van der Waals surface area contributed by atoms with Crippen molar-refractivity contribution in [1.82, 2.24) is 5.43 Å². The maximum absolute atomic E-state index is 5.66. The quantitative estimate of drug-likeness (QED) is 0.542. The second-order valence-electron chi connectivity index (χ2n) is 5.34. The summed E-state index contributed by atoms with van der Waals surface area (Å²) < 4.78 is 5.66. The SMILES string of the molecule is CCC1CCC(C(COC(C)C)NN)CC1. The molecular weight excluding hydrogens is 200 g/mol. The first-order chi connectivity index (χ1) is 7.67. The first kappa shape index (κ1) is 13.9. The van der Waals surface area contributed by atoms with Gasteiger partial charge in [0, 0.05) is 6.04 Å². The van der Waals surface area contributed by atoms with Gasteiger partial charge in [-0.3, -0.25) is 11.3 Å². The third kappa shape index (κ3) is 4.40. The van der Waals surface area contributed by atoms with Gasteiger partial charge in [-0.1, -0.05) is 26.2 Å². The first-order valence-electron chi connectivity index (χ1n) is 6.75. The molecule has 1 saturated carbocycles. The van der Waals surface area contributed by atoms with Crippen molar-refractivity contribution in [2.45, 2.75) is 65.0 Å². The van der Waals surface area contributed by atoms with E-state index in [2.05, 4.69) is 26.2 Å². The molecule has 1 aliphatic rings. The lowest BCUT2D eigenvalue weighted by Gasteiger charge is -2.33. The maximum atomic E-state index is 5.66. The van der Waals surface area contributed by atoms with Crippen molar-refractivity contribution >= 4 is 0 Å². The molecule has 0 saturated heterocycles. The topological polar surface area (TPSA) is 47.3 Å². The standard InChI is InChI=1S/C13H28N2O/c1-4-11-5-7-12(8-6-11)13(15-14)9-16-10(2)3/h10-13,15H,4-9,14H2,1-3H3. The van der Waals surface area contributed by atoms with Crippen LogP contribution < -0.4 is 11.3 Å². The Balaban J connectivity index is 2.31. The molecule has 16 heavy (non-hydrogen) atoms. The Bertz CT molecular complexity index is 177. The molecule has 0 radical (unpaired) electrons. The number of hydrazine groups is 1. The Hall–Kier alpha value is -0.120. The minimum atomic E-state index is 0.294. The van der Waals surface area contributed by atoms with E-state index in [0.29, 0.717) is 18.1 Å². The molecule has 0 spiro atoms. The average Bonchev–Trinajstić information content (AvgIpc) is 2.30. The summed E-state index contributed by atoms with van der Waals surface area (Å²) in [5.74, 6) is 7.27. The van der Waals surface area contributed by atoms with Gasteiger partial charge >= 0.3 is 0 Å². The number of rotatable bonds is 6. The fourth-order valence-corrected chi connectivity index (χ4v) is 2.62. The van der Waals surface area contributed by atoms with E-state index in [1.807, 2.05) is 0 Å². The van der Waals surface area contributed by atoms with Gasteiger partial charge in [-0.25, -0.2) is 0 Å². The fraction of sp³-hybridized carbons (Fsp3) is 1.00. The molecule has 1 atom stereocenters. The average molecular weight is 228 g/mol. The van der Waals surface area contributed by atoms with Crippen LogP contribution >= 0.6 is 0 Å². The van der Waals surface area contributed by atoms with E-state index in [4.69, 9.17) is 10.6 Å². The second kappa shape index (κ2) is 7.25. The lowest BCUT2D eigenvalue weighted by atomic mass is 9.78. The predicted molar refractivity (Wildman–Crippen MR) is 67.9 cm³/mol. The van der Waals surface area contributed by atoms with Crippen molar-refractivity contribution < 1.29 is 4.74 Å². The molecule has 0 aromatic rings. The van der Waals surface area contributed by atoms with E-state index in [0.717, 1.165) is 12.5 Å². The van der Waals surface area contributed by atoms with Gasteiger partial charge in [-0.15, -0.1) is 0 Å². The molecule has 1 aliphatic carbocycles. The molecule has 0 amide bonds. The molecule has 3 N–H and O–H groups in total. The van der Waals surface area contributed by atoms with Crippen LogP contribution in [0.25, 0.3) is 0 Å². The molecule has 1 rings (SSSR count). The van der Waals surface area contributed by atoms with Crippen LogP contribution in [0.4, 0.5) is 0 Å². The summed E-state index contributed by atoms with van der Waals surface area (Å²) in [6, 6.07) is 0.334. The third-order valence-corrected chi connectivity index (χ3v) is 3.86. The Labute approximate surface area is 100 Å². The summed E-state index contributed by atoms with van der Waals surface area (Å²) in [6.45, 7) is 7.18. The zero-order valence-corrected chi connectivity index (χ0v) is 11.0. The molecule has 3 nitrogen and oxygen atoms in total. The van der Waals surface area contributed by atoms with Crippen LogP contribution in [0.15, 0.2) is 0 Å². The Kier molecular flexibility index (Phi) is 6.32. The van der Waals surface area contributed by atoms with E-state index in [9.17, 15) is 0 Å². The van der Waals surface area contributed by atoms with Crippen LogP contribution in [-0.2, 0) is 4.74 Å². The third-order valence-electron chi connectivity index (χ3n) is 3.86. The second-order valence-corrected chi connectivity index (χ2v) is 5.34. The summed E-state index contributed by atoms with van der Waals surface area (Å²) in [5.41, 5.74) is 2.93. The molecule has 1 fully saturated rings. The van der Waals surface area contributed by atoms with Crippen LogP contribution in [0.2, 0.25) is 0 Å². The van der Waals surface area contributed by atoms with Crippen molar-refractivity contribution in [3.63, 3.8) is 0 Å². The molecule has 0 aliphatic heterocycles.